The topological polar surface area (TPSA) is 85.6 Å². The molecule has 0 bridgehead atoms. The number of piperazine rings is 1. The van der Waals surface area contributed by atoms with Crippen molar-refractivity contribution in [1.82, 2.24) is 19.8 Å². The van der Waals surface area contributed by atoms with Gasteiger partial charge in [0.15, 0.2) is 0 Å². The van der Waals surface area contributed by atoms with Crippen molar-refractivity contribution < 1.29 is 9.53 Å². The standard InChI is InChI=1S/C30H38N6O2S/c1-3-27(37)36-15-14-35(19-22(36)8-12-31)28-24-6-10-30(11-7-26-21(17-30)9-16-39-26)18-25(24)32-29(33-28)38-20-23-5-4-13-34(23)2/h3,9,16,22-23H,1,4-8,10-11,13-15,17-20H2,2H3/t22-,23?,30-/m1/s1. The number of nitrogens with zero attached hydrogens (tertiary/aromatic N) is 6. The zero-order valence-electron chi connectivity index (χ0n) is 22.9. The fourth-order valence-corrected chi connectivity index (χ4v) is 8.04. The Morgan fingerprint density at radius 1 is 1.26 bits per heavy atom. The Labute approximate surface area is 235 Å². The van der Waals surface area contributed by atoms with Crippen LogP contribution in [0, 0.1) is 16.7 Å². The third-order valence-electron chi connectivity index (χ3n) is 9.43. The summed E-state index contributed by atoms with van der Waals surface area (Å²) in [4.78, 5) is 30.5. The van der Waals surface area contributed by atoms with Gasteiger partial charge in [0.2, 0.25) is 5.91 Å². The van der Waals surface area contributed by atoms with Crippen LogP contribution in [0.1, 0.15) is 53.8 Å². The van der Waals surface area contributed by atoms with Crippen molar-refractivity contribution in [3.8, 4) is 12.1 Å². The highest BCUT2D eigenvalue weighted by Gasteiger charge is 2.41. The first kappa shape index (κ1) is 26.3. The van der Waals surface area contributed by atoms with Gasteiger partial charge < -0.3 is 19.4 Å². The SMILES string of the molecule is C=CC(=O)N1CCN(c2nc(OCC3CCCN3C)nc3c2CC[C@]2(CCc4sccc4C2)C3)C[C@H]1CC#N. The lowest BCUT2D eigenvalue weighted by molar-refractivity contribution is -0.128. The molecule has 6 rings (SSSR count). The molecule has 2 aromatic rings. The summed E-state index contributed by atoms with van der Waals surface area (Å²) in [6, 6.07) is 5.26. The van der Waals surface area contributed by atoms with E-state index in [9.17, 15) is 10.1 Å². The Morgan fingerprint density at radius 2 is 2.13 bits per heavy atom. The van der Waals surface area contributed by atoms with Crippen LogP contribution >= 0.6 is 11.3 Å². The summed E-state index contributed by atoms with van der Waals surface area (Å²) in [5.41, 5.74) is 4.11. The molecule has 2 fully saturated rings. The molecule has 39 heavy (non-hydrogen) atoms. The van der Waals surface area contributed by atoms with Crippen LogP contribution in [0.25, 0.3) is 0 Å². The van der Waals surface area contributed by atoms with E-state index in [2.05, 4.69) is 40.9 Å². The van der Waals surface area contributed by atoms with Gasteiger partial charge in [-0.3, -0.25) is 4.79 Å². The van der Waals surface area contributed by atoms with E-state index >= 15 is 0 Å². The van der Waals surface area contributed by atoms with E-state index < -0.39 is 0 Å². The molecule has 4 aliphatic rings. The number of ether oxygens (including phenoxy) is 1. The van der Waals surface area contributed by atoms with E-state index in [0.717, 1.165) is 56.6 Å². The Morgan fingerprint density at radius 3 is 2.92 bits per heavy atom. The van der Waals surface area contributed by atoms with Gasteiger partial charge in [-0.1, -0.05) is 6.58 Å². The first-order valence-corrected chi connectivity index (χ1v) is 15.2. The monoisotopic (exact) mass is 546 g/mol. The number of amides is 1. The number of fused-ring (bicyclic) bond motifs is 2. The lowest BCUT2D eigenvalue weighted by Crippen LogP contribution is -2.55. The zero-order valence-corrected chi connectivity index (χ0v) is 23.7. The number of likely N-dealkylation sites (tertiary alicyclic amines) is 1. The average Bonchev–Trinajstić information content (AvgIpc) is 3.58. The minimum atomic E-state index is -0.193. The van der Waals surface area contributed by atoms with Crippen molar-refractivity contribution in [3.63, 3.8) is 0 Å². The molecule has 9 heteroatoms. The van der Waals surface area contributed by atoms with Crippen LogP contribution in [-0.4, -0.2) is 77.6 Å². The van der Waals surface area contributed by atoms with E-state index in [0.29, 0.717) is 38.3 Å². The molecule has 3 atom stereocenters. The summed E-state index contributed by atoms with van der Waals surface area (Å²) < 4.78 is 6.31. The maximum Gasteiger partial charge on any atom is 0.318 e. The highest BCUT2D eigenvalue weighted by Crippen LogP contribution is 2.47. The predicted octanol–water partition coefficient (Wildman–Crippen LogP) is 3.79. The number of carbonyl (C=O) groups excluding carboxylic acids is 1. The molecule has 1 amide bonds. The van der Waals surface area contributed by atoms with E-state index in [-0.39, 0.29) is 23.8 Å². The Balaban J connectivity index is 1.30. The van der Waals surface area contributed by atoms with E-state index in [1.165, 1.54) is 30.0 Å². The van der Waals surface area contributed by atoms with Crippen LogP contribution in [-0.2, 0) is 30.5 Å². The third-order valence-corrected chi connectivity index (χ3v) is 10.4. The second-order valence-electron chi connectivity index (χ2n) is 11.8. The molecule has 0 saturated carbocycles. The van der Waals surface area contributed by atoms with Crippen molar-refractivity contribution in [2.24, 2.45) is 5.41 Å². The van der Waals surface area contributed by atoms with Crippen LogP contribution in [0.4, 0.5) is 5.82 Å². The summed E-state index contributed by atoms with van der Waals surface area (Å²) in [5.74, 6) is 0.821. The van der Waals surface area contributed by atoms with Crippen LogP contribution in [0.3, 0.4) is 0 Å². The molecular formula is C30H38N6O2S. The van der Waals surface area contributed by atoms with Crippen molar-refractivity contribution in [2.45, 2.75) is 69.9 Å². The fourth-order valence-electron chi connectivity index (χ4n) is 7.13. The summed E-state index contributed by atoms with van der Waals surface area (Å²) in [7, 11) is 2.16. The number of nitriles is 1. The Bertz CT molecular complexity index is 1290. The van der Waals surface area contributed by atoms with Gasteiger partial charge in [-0.15, -0.1) is 11.3 Å². The first-order valence-electron chi connectivity index (χ1n) is 14.3. The molecule has 2 aliphatic carbocycles. The second kappa shape index (κ2) is 10.9. The minimum absolute atomic E-state index is 0.114. The van der Waals surface area contributed by atoms with Gasteiger partial charge in [0.25, 0.3) is 0 Å². The number of anilines is 1. The lowest BCUT2D eigenvalue weighted by atomic mass is 9.65. The summed E-state index contributed by atoms with van der Waals surface area (Å²) in [6.07, 6.45) is 10.5. The molecule has 2 saturated heterocycles. The van der Waals surface area contributed by atoms with Gasteiger partial charge in [0.05, 0.1) is 24.2 Å². The molecule has 2 aromatic heterocycles. The first-order chi connectivity index (χ1) is 19.0. The van der Waals surface area contributed by atoms with Crippen LogP contribution in [0.15, 0.2) is 24.1 Å². The maximum absolute atomic E-state index is 12.5. The zero-order chi connectivity index (χ0) is 27.0. The van der Waals surface area contributed by atoms with Gasteiger partial charge in [0, 0.05) is 36.1 Å². The molecular weight excluding hydrogens is 508 g/mol. The lowest BCUT2D eigenvalue weighted by Gasteiger charge is -2.44. The summed E-state index contributed by atoms with van der Waals surface area (Å²) in [6.45, 7) is 7.14. The van der Waals surface area contributed by atoms with Crippen LogP contribution in [0.5, 0.6) is 6.01 Å². The Hall–Kier alpha value is -2.96. The van der Waals surface area contributed by atoms with Crippen LogP contribution < -0.4 is 9.64 Å². The number of hydrogen-bond donors (Lipinski definition) is 0. The molecule has 206 valence electrons. The number of carbonyl (C=O) groups is 1. The number of thiophene rings is 1. The molecule has 0 aromatic carbocycles. The highest BCUT2D eigenvalue weighted by atomic mass is 32.1. The van der Waals surface area contributed by atoms with Gasteiger partial charge in [-0.25, -0.2) is 0 Å². The number of hydrogen-bond acceptors (Lipinski definition) is 8. The molecule has 1 unspecified atom stereocenters. The smallest absolute Gasteiger partial charge is 0.318 e. The van der Waals surface area contributed by atoms with Gasteiger partial charge in [-0.05, 0) is 93.5 Å². The predicted molar refractivity (Wildman–Crippen MR) is 152 cm³/mol. The quantitative estimate of drug-likeness (QED) is 0.510. The summed E-state index contributed by atoms with van der Waals surface area (Å²) in [5, 5.41) is 11.7. The van der Waals surface area contributed by atoms with Crippen molar-refractivity contribution in [1.29, 1.82) is 5.26 Å². The highest BCUT2D eigenvalue weighted by molar-refractivity contribution is 7.10. The van der Waals surface area contributed by atoms with Gasteiger partial charge in [-0.2, -0.15) is 15.2 Å². The average molecular weight is 547 g/mol. The molecule has 2 aliphatic heterocycles. The maximum atomic E-state index is 12.5. The number of rotatable bonds is 6. The van der Waals surface area contributed by atoms with E-state index in [1.807, 2.05) is 11.3 Å². The van der Waals surface area contributed by atoms with Gasteiger partial charge in [0.1, 0.15) is 12.4 Å². The fraction of sp³-hybridized carbons (Fsp3) is 0.600. The molecule has 0 N–H and O–H groups in total. The van der Waals surface area contributed by atoms with Gasteiger partial charge >= 0.3 is 6.01 Å². The second-order valence-corrected chi connectivity index (χ2v) is 12.8. The summed E-state index contributed by atoms with van der Waals surface area (Å²) >= 11 is 1.90. The minimum Gasteiger partial charge on any atom is -0.462 e. The number of likely N-dealkylation sites (N-methyl/N-ethyl adjacent to an activating group) is 1. The van der Waals surface area contributed by atoms with Crippen molar-refractivity contribution in [3.05, 3.63) is 45.8 Å². The largest absolute Gasteiger partial charge is 0.462 e. The molecule has 1 spiro atoms. The van der Waals surface area contributed by atoms with E-state index in [1.54, 1.807) is 9.78 Å². The molecule has 4 heterocycles. The third kappa shape index (κ3) is 5.17. The Kier molecular flexibility index (Phi) is 7.34. The molecule has 8 nitrogen and oxygen atoms in total. The van der Waals surface area contributed by atoms with Crippen molar-refractivity contribution in [2.75, 3.05) is 44.7 Å². The normalized spacial score (nSPS) is 26.7. The van der Waals surface area contributed by atoms with Crippen LogP contribution in [0.2, 0.25) is 0 Å². The van der Waals surface area contributed by atoms with Crippen molar-refractivity contribution >= 4 is 23.1 Å². The number of aromatic nitrogens is 2. The van der Waals surface area contributed by atoms with E-state index in [4.69, 9.17) is 14.7 Å². The number of aryl methyl sites for hydroxylation is 1. The molecule has 0 radical (unpaired) electrons.